The number of aromatic nitrogens is 1. The third kappa shape index (κ3) is 1.66. The largest absolute Gasteiger partial charge is 0.325 e. The first-order valence-corrected chi connectivity index (χ1v) is 5.66. The minimum absolute atomic E-state index is 0.120. The highest BCUT2D eigenvalue weighted by Gasteiger charge is 2.53. The van der Waals surface area contributed by atoms with Crippen LogP contribution in [0, 0.1) is 6.92 Å². The van der Waals surface area contributed by atoms with Crippen molar-refractivity contribution in [1.29, 1.82) is 0 Å². The van der Waals surface area contributed by atoms with Gasteiger partial charge in [0.15, 0.2) is 0 Å². The Morgan fingerprint density at radius 3 is 2.47 bits per heavy atom. The molecule has 2 N–H and O–H groups in total. The minimum atomic E-state index is -0.186. The molecule has 2 rings (SSSR count). The summed E-state index contributed by atoms with van der Waals surface area (Å²) in [5.74, 6) is 0. The van der Waals surface area contributed by atoms with Crippen LogP contribution in [0.3, 0.4) is 0 Å². The topological polar surface area (TPSA) is 38.9 Å². The summed E-state index contributed by atoms with van der Waals surface area (Å²) < 4.78 is 0. The Hall–Kier alpha value is -0.600. The van der Waals surface area contributed by atoms with Crippen LogP contribution in [0.15, 0.2) is 12.3 Å². The summed E-state index contributed by atoms with van der Waals surface area (Å²) >= 11 is 5.92. The maximum absolute atomic E-state index is 6.24. The van der Waals surface area contributed by atoms with E-state index in [9.17, 15) is 0 Å². The van der Waals surface area contributed by atoms with Gasteiger partial charge in [0.2, 0.25) is 0 Å². The molecule has 0 atom stereocenters. The van der Waals surface area contributed by atoms with Gasteiger partial charge in [0.05, 0.1) is 0 Å². The molecule has 1 aliphatic carbocycles. The van der Waals surface area contributed by atoms with E-state index in [0.717, 1.165) is 18.4 Å². The van der Waals surface area contributed by atoms with Crippen LogP contribution in [0.5, 0.6) is 0 Å². The molecule has 82 valence electrons. The minimum Gasteiger partial charge on any atom is -0.325 e. The molecule has 0 amide bonds. The second-order valence-corrected chi connectivity index (χ2v) is 5.49. The molecule has 0 spiro atoms. The summed E-state index contributed by atoms with van der Waals surface area (Å²) in [4.78, 5) is 4.21. The Morgan fingerprint density at radius 1 is 1.47 bits per heavy atom. The highest BCUT2D eigenvalue weighted by molar-refractivity contribution is 6.30. The predicted molar refractivity (Wildman–Crippen MR) is 63.2 cm³/mol. The molecule has 0 unspecified atom stereocenters. The van der Waals surface area contributed by atoms with Crippen LogP contribution < -0.4 is 5.73 Å². The third-order valence-corrected chi connectivity index (χ3v) is 3.95. The first-order chi connectivity index (χ1) is 6.87. The van der Waals surface area contributed by atoms with Crippen molar-refractivity contribution in [1.82, 2.24) is 4.98 Å². The van der Waals surface area contributed by atoms with Crippen molar-refractivity contribution in [2.24, 2.45) is 5.73 Å². The van der Waals surface area contributed by atoms with E-state index in [4.69, 9.17) is 17.3 Å². The molecule has 1 aromatic rings. The average molecular weight is 225 g/mol. The van der Waals surface area contributed by atoms with Gasteiger partial charge in [-0.3, -0.25) is 0 Å². The van der Waals surface area contributed by atoms with Crippen LogP contribution in [0.1, 0.15) is 37.8 Å². The number of aryl methyl sites for hydroxylation is 1. The van der Waals surface area contributed by atoms with E-state index < -0.39 is 0 Å². The first-order valence-electron chi connectivity index (χ1n) is 5.28. The molecule has 1 heterocycles. The van der Waals surface area contributed by atoms with Crippen LogP contribution in [0.25, 0.3) is 0 Å². The molecule has 3 heteroatoms. The molecule has 1 aromatic heterocycles. The van der Waals surface area contributed by atoms with E-state index in [-0.39, 0.29) is 11.0 Å². The summed E-state index contributed by atoms with van der Waals surface area (Å²) in [5.41, 5.74) is 8.44. The Balaban J connectivity index is 2.43. The van der Waals surface area contributed by atoms with Crippen LogP contribution in [-0.2, 0) is 5.41 Å². The van der Waals surface area contributed by atoms with Crippen molar-refractivity contribution in [2.75, 3.05) is 0 Å². The Bertz CT molecular complexity index is 389. The van der Waals surface area contributed by atoms with Gasteiger partial charge in [0, 0.05) is 17.2 Å². The van der Waals surface area contributed by atoms with E-state index in [1.165, 1.54) is 5.56 Å². The lowest BCUT2D eigenvalue weighted by molar-refractivity contribution is 0.390. The number of rotatable bonds is 2. The molecule has 0 aliphatic heterocycles. The van der Waals surface area contributed by atoms with E-state index in [1.807, 2.05) is 13.1 Å². The Labute approximate surface area is 95.8 Å². The standard InChI is InChI=1S/C12H17ClN2/c1-8-6-9(7-15-10(8)13)12(4-5-12)11(2,3)14/h6-7H,4-5,14H2,1-3H3. The fourth-order valence-corrected chi connectivity index (χ4v) is 2.35. The number of halogens is 1. The molecule has 2 nitrogen and oxygen atoms in total. The monoisotopic (exact) mass is 224 g/mol. The fraction of sp³-hybridized carbons (Fsp3) is 0.583. The van der Waals surface area contributed by atoms with E-state index in [2.05, 4.69) is 24.9 Å². The molecule has 1 aliphatic rings. The van der Waals surface area contributed by atoms with Gasteiger partial charge in [-0.25, -0.2) is 4.98 Å². The van der Waals surface area contributed by atoms with E-state index in [1.54, 1.807) is 0 Å². The molecule has 0 radical (unpaired) electrons. The van der Waals surface area contributed by atoms with Gasteiger partial charge >= 0.3 is 0 Å². The second kappa shape index (κ2) is 3.19. The lowest BCUT2D eigenvalue weighted by atomic mass is 9.80. The summed E-state index contributed by atoms with van der Waals surface area (Å²) in [6, 6.07) is 2.12. The summed E-state index contributed by atoms with van der Waals surface area (Å²) in [6.07, 6.45) is 4.18. The maximum atomic E-state index is 6.24. The van der Waals surface area contributed by atoms with Gasteiger partial charge in [-0.1, -0.05) is 17.7 Å². The molecule has 0 saturated heterocycles. The normalized spacial score (nSPS) is 19.0. The summed E-state index contributed by atoms with van der Waals surface area (Å²) in [5, 5.41) is 0.587. The van der Waals surface area contributed by atoms with Crippen LogP contribution in [0.2, 0.25) is 5.15 Å². The highest BCUT2D eigenvalue weighted by atomic mass is 35.5. The van der Waals surface area contributed by atoms with Gasteiger partial charge in [0.25, 0.3) is 0 Å². The van der Waals surface area contributed by atoms with Gasteiger partial charge in [-0.05, 0) is 44.7 Å². The number of hydrogen-bond donors (Lipinski definition) is 1. The van der Waals surface area contributed by atoms with Gasteiger partial charge in [-0.2, -0.15) is 0 Å². The molecule has 1 fully saturated rings. The molecular formula is C12H17ClN2. The van der Waals surface area contributed by atoms with Crippen LogP contribution >= 0.6 is 11.6 Å². The van der Waals surface area contributed by atoms with Gasteiger partial charge in [0.1, 0.15) is 5.15 Å². The quantitative estimate of drug-likeness (QED) is 0.785. The third-order valence-electron chi connectivity index (χ3n) is 3.55. The number of nitrogens with zero attached hydrogens (tertiary/aromatic N) is 1. The first kappa shape index (κ1) is 10.9. The van der Waals surface area contributed by atoms with Crippen molar-refractivity contribution in [2.45, 2.75) is 44.6 Å². The van der Waals surface area contributed by atoms with Gasteiger partial charge < -0.3 is 5.73 Å². The molecule has 15 heavy (non-hydrogen) atoms. The van der Waals surface area contributed by atoms with Crippen LogP contribution in [0.4, 0.5) is 0 Å². The molecule has 0 bridgehead atoms. The van der Waals surface area contributed by atoms with E-state index >= 15 is 0 Å². The Kier molecular flexibility index (Phi) is 2.32. The number of hydrogen-bond acceptors (Lipinski definition) is 2. The predicted octanol–water partition coefficient (Wildman–Crippen LogP) is 2.81. The fourth-order valence-electron chi connectivity index (χ4n) is 2.25. The molecule has 0 aromatic carbocycles. The maximum Gasteiger partial charge on any atom is 0.131 e. The summed E-state index contributed by atoms with van der Waals surface area (Å²) in [7, 11) is 0. The second-order valence-electron chi connectivity index (χ2n) is 5.14. The highest BCUT2D eigenvalue weighted by Crippen LogP contribution is 2.54. The average Bonchev–Trinajstić information content (AvgIpc) is 2.88. The smallest absolute Gasteiger partial charge is 0.131 e. The zero-order valence-electron chi connectivity index (χ0n) is 9.47. The summed E-state index contributed by atoms with van der Waals surface area (Å²) in [6.45, 7) is 6.16. The van der Waals surface area contributed by atoms with Crippen molar-refractivity contribution in [3.63, 3.8) is 0 Å². The van der Waals surface area contributed by atoms with Crippen LogP contribution in [-0.4, -0.2) is 10.5 Å². The van der Waals surface area contributed by atoms with Crippen molar-refractivity contribution in [3.05, 3.63) is 28.5 Å². The van der Waals surface area contributed by atoms with Crippen molar-refractivity contribution in [3.8, 4) is 0 Å². The lowest BCUT2D eigenvalue weighted by Gasteiger charge is -2.31. The molecular weight excluding hydrogens is 208 g/mol. The Morgan fingerprint density at radius 2 is 2.07 bits per heavy atom. The zero-order valence-corrected chi connectivity index (χ0v) is 10.2. The van der Waals surface area contributed by atoms with Crippen molar-refractivity contribution >= 4 is 11.6 Å². The lowest BCUT2D eigenvalue weighted by Crippen LogP contribution is -2.45. The SMILES string of the molecule is Cc1cc(C2(C(C)(C)N)CC2)cnc1Cl. The zero-order chi connectivity index (χ0) is 11.3. The van der Waals surface area contributed by atoms with Crippen molar-refractivity contribution < 1.29 is 0 Å². The molecule has 1 saturated carbocycles. The number of pyridine rings is 1. The number of nitrogens with two attached hydrogens (primary N) is 1. The van der Waals surface area contributed by atoms with E-state index in [0.29, 0.717) is 5.15 Å². The van der Waals surface area contributed by atoms with Gasteiger partial charge in [-0.15, -0.1) is 0 Å².